The van der Waals surface area contributed by atoms with Crippen LogP contribution in [0.5, 0.6) is 5.75 Å². The second kappa shape index (κ2) is 14.3. The molecule has 3 N–H and O–H groups in total. The number of benzene rings is 2. The molecule has 246 valence electrons. The van der Waals surface area contributed by atoms with Crippen LogP contribution in [-0.4, -0.2) is 95.7 Å². The van der Waals surface area contributed by atoms with Crippen LogP contribution in [-0.2, 0) is 36.8 Å². The summed E-state index contributed by atoms with van der Waals surface area (Å²) in [5.74, 6) is -5.07. The van der Waals surface area contributed by atoms with Crippen LogP contribution in [0.3, 0.4) is 0 Å². The van der Waals surface area contributed by atoms with E-state index in [2.05, 4.69) is 16.0 Å². The van der Waals surface area contributed by atoms with Crippen LogP contribution in [0.25, 0.3) is 0 Å². The van der Waals surface area contributed by atoms with Crippen molar-refractivity contribution >= 4 is 29.5 Å². The number of amides is 5. The molecule has 0 aliphatic carbocycles. The standard InChI is InChI=1S/C33H39F2N5O6/c1-21-29(42)38-25(31(44)39-16-13-33(34,35)14-17-39)19-23-9-11-24(12-10-23)46-20-28(41)37-26(18-22-6-3-2-4-7-22)32(45)40-15-5-8-27(40)30(43)36-21/h2-4,6-7,9-12,21,25-27H,5,8,13-20H2,1H3,(H,36,43)(H,37,41)(H,38,42)/t21-,25-,26+,27+/m0/s1. The minimum atomic E-state index is -2.85. The van der Waals surface area contributed by atoms with Crippen molar-refractivity contribution in [2.75, 3.05) is 26.2 Å². The molecule has 46 heavy (non-hydrogen) atoms. The summed E-state index contributed by atoms with van der Waals surface area (Å²) in [4.78, 5) is 69.9. The van der Waals surface area contributed by atoms with E-state index in [1.807, 2.05) is 30.3 Å². The lowest BCUT2D eigenvalue weighted by atomic mass is 10.0. The Morgan fingerprint density at radius 1 is 0.913 bits per heavy atom. The van der Waals surface area contributed by atoms with E-state index in [0.717, 1.165) is 5.56 Å². The summed E-state index contributed by atoms with van der Waals surface area (Å²) < 4.78 is 33.3. The molecule has 2 aromatic carbocycles. The molecule has 2 fully saturated rings. The topological polar surface area (TPSA) is 137 Å². The highest BCUT2D eigenvalue weighted by atomic mass is 19.3. The van der Waals surface area contributed by atoms with Crippen molar-refractivity contribution in [3.63, 3.8) is 0 Å². The van der Waals surface area contributed by atoms with E-state index in [0.29, 0.717) is 30.7 Å². The van der Waals surface area contributed by atoms with Crippen molar-refractivity contribution in [3.8, 4) is 5.75 Å². The number of rotatable bonds is 3. The van der Waals surface area contributed by atoms with Crippen LogP contribution >= 0.6 is 0 Å². The molecule has 0 spiro atoms. The Hall–Kier alpha value is -4.55. The molecule has 2 saturated heterocycles. The summed E-state index contributed by atoms with van der Waals surface area (Å²) in [5.41, 5.74) is 1.48. The van der Waals surface area contributed by atoms with Crippen LogP contribution in [0.15, 0.2) is 54.6 Å². The average molecular weight is 640 g/mol. The van der Waals surface area contributed by atoms with Gasteiger partial charge in [0.15, 0.2) is 6.61 Å². The van der Waals surface area contributed by atoms with Crippen LogP contribution < -0.4 is 20.7 Å². The zero-order chi connectivity index (χ0) is 32.8. The van der Waals surface area contributed by atoms with Crippen LogP contribution in [0.1, 0.15) is 43.7 Å². The molecule has 2 aromatic rings. The second-order valence-corrected chi connectivity index (χ2v) is 12.1. The minimum Gasteiger partial charge on any atom is -0.484 e. The van der Waals surface area contributed by atoms with Gasteiger partial charge in [-0.25, -0.2) is 8.78 Å². The summed E-state index contributed by atoms with van der Waals surface area (Å²) in [6.07, 6.45) is 0.262. The van der Waals surface area contributed by atoms with E-state index < -0.39 is 72.5 Å². The van der Waals surface area contributed by atoms with Crippen molar-refractivity contribution in [2.45, 2.75) is 75.5 Å². The van der Waals surface area contributed by atoms with Crippen LogP contribution in [0, 0.1) is 0 Å². The zero-order valence-electron chi connectivity index (χ0n) is 25.7. The van der Waals surface area contributed by atoms with Crippen LogP contribution in [0.2, 0.25) is 0 Å². The molecule has 0 aromatic heterocycles. The van der Waals surface area contributed by atoms with Gasteiger partial charge in [-0.15, -0.1) is 0 Å². The molecule has 4 aliphatic heterocycles. The third-order valence-corrected chi connectivity index (χ3v) is 8.66. The quantitative estimate of drug-likeness (QED) is 0.467. The van der Waals surface area contributed by atoms with Crippen molar-refractivity contribution in [1.29, 1.82) is 0 Å². The zero-order valence-corrected chi connectivity index (χ0v) is 25.7. The fraction of sp³-hybridized carbons (Fsp3) is 0.485. The molecule has 0 saturated carbocycles. The lowest BCUT2D eigenvalue weighted by Crippen LogP contribution is -2.58. The van der Waals surface area contributed by atoms with E-state index >= 15 is 0 Å². The molecule has 11 nitrogen and oxygen atoms in total. The van der Waals surface area contributed by atoms with Crippen molar-refractivity contribution in [3.05, 3.63) is 65.7 Å². The first kappa shape index (κ1) is 32.8. The number of carbonyl (C=O) groups is 5. The Morgan fingerprint density at radius 2 is 1.61 bits per heavy atom. The first-order chi connectivity index (χ1) is 22.0. The minimum absolute atomic E-state index is 0.0605. The molecular formula is C33H39F2N5O6. The fourth-order valence-corrected chi connectivity index (χ4v) is 6.04. The Kier molecular flexibility index (Phi) is 10.2. The van der Waals surface area contributed by atoms with Gasteiger partial charge in [-0.2, -0.15) is 0 Å². The average Bonchev–Trinajstić information content (AvgIpc) is 3.53. The summed E-state index contributed by atoms with van der Waals surface area (Å²) in [5, 5.41) is 8.17. The molecule has 4 heterocycles. The summed E-state index contributed by atoms with van der Waals surface area (Å²) in [6, 6.07) is 11.8. The molecule has 0 radical (unpaired) electrons. The highest BCUT2D eigenvalue weighted by Crippen LogP contribution is 2.28. The smallest absolute Gasteiger partial charge is 0.258 e. The first-order valence-corrected chi connectivity index (χ1v) is 15.6. The number of piperidine rings is 1. The molecule has 4 atom stereocenters. The number of likely N-dealkylation sites (tertiary alicyclic amines) is 1. The number of nitrogens with zero attached hydrogens (tertiary/aromatic N) is 2. The Balaban J connectivity index is 1.39. The van der Waals surface area contributed by atoms with E-state index in [4.69, 9.17) is 4.74 Å². The number of carbonyl (C=O) groups excluding carboxylic acids is 5. The lowest BCUT2D eigenvalue weighted by Gasteiger charge is -2.34. The maximum Gasteiger partial charge on any atom is 0.258 e. The summed E-state index contributed by atoms with van der Waals surface area (Å²) in [7, 11) is 0. The van der Waals surface area contributed by atoms with Gasteiger partial charge in [0.25, 0.3) is 11.8 Å². The van der Waals surface area contributed by atoms with Crippen molar-refractivity contribution in [2.24, 2.45) is 0 Å². The third-order valence-electron chi connectivity index (χ3n) is 8.66. The van der Waals surface area contributed by atoms with Crippen molar-refractivity contribution in [1.82, 2.24) is 25.8 Å². The van der Waals surface area contributed by atoms with Gasteiger partial charge >= 0.3 is 0 Å². The summed E-state index contributed by atoms with van der Waals surface area (Å²) in [6.45, 7) is 1.12. The predicted octanol–water partition coefficient (Wildman–Crippen LogP) is 1.59. The van der Waals surface area contributed by atoms with E-state index in [-0.39, 0.29) is 32.5 Å². The number of hydrogen-bond donors (Lipinski definition) is 3. The maximum atomic E-state index is 13.8. The largest absolute Gasteiger partial charge is 0.484 e. The number of halogens is 2. The maximum absolute atomic E-state index is 13.8. The van der Waals surface area contributed by atoms with Gasteiger partial charge in [0.05, 0.1) is 0 Å². The van der Waals surface area contributed by atoms with E-state index in [1.54, 1.807) is 24.3 Å². The Morgan fingerprint density at radius 3 is 2.30 bits per heavy atom. The van der Waals surface area contributed by atoms with Gasteiger partial charge in [-0.05, 0) is 43.0 Å². The number of hydrogen-bond acceptors (Lipinski definition) is 6. The molecule has 2 bridgehead atoms. The molecule has 5 amide bonds. The lowest BCUT2D eigenvalue weighted by molar-refractivity contribution is -0.143. The normalized spacial score (nSPS) is 26.1. The monoisotopic (exact) mass is 639 g/mol. The van der Waals surface area contributed by atoms with Gasteiger partial charge in [0, 0.05) is 45.3 Å². The molecule has 0 unspecified atom stereocenters. The second-order valence-electron chi connectivity index (χ2n) is 12.1. The van der Waals surface area contributed by atoms with Gasteiger partial charge in [-0.1, -0.05) is 42.5 Å². The SMILES string of the molecule is C[C@@H]1NC(=O)[C@H]2CCCN2C(=O)[C@@H](Cc2ccccc2)NC(=O)COc2ccc(cc2)C[C@@H](C(=O)N2CCC(F)(F)CC2)NC1=O. The van der Waals surface area contributed by atoms with E-state index in [9.17, 15) is 32.8 Å². The molecule has 13 heteroatoms. The number of fused-ring (bicyclic) bond motifs is 13. The Bertz CT molecular complexity index is 1430. The van der Waals surface area contributed by atoms with E-state index in [1.165, 1.54) is 16.7 Å². The predicted molar refractivity (Wildman–Crippen MR) is 163 cm³/mol. The number of nitrogens with one attached hydrogen (secondary N) is 3. The fourth-order valence-electron chi connectivity index (χ4n) is 6.04. The van der Waals surface area contributed by atoms with Gasteiger partial charge in [0.2, 0.25) is 23.6 Å². The van der Waals surface area contributed by atoms with Crippen molar-refractivity contribution < 1.29 is 37.5 Å². The highest BCUT2D eigenvalue weighted by molar-refractivity contribution is 5.96. The van der Waals surface area contributed by atoms with Gasteiger partial charge in [-0.3, -0.25) is 24.0 Å². The summed E-state index contributed by atoms with van der Waals surface area (Å²) >= 11 is 0. The first-order valence-electron chi connectivity index (χ1n) is 15.6. The number of ether oxygens (including phenoxy) is 1. The number of alkyl halides is 2. The van der Waals surface area contributed by atoms with Gasteiger partial charge < -0.3 is 30.5 Å². The van der Waals surface area contributed by atoms with Crippen LogP contribution in [0.4, 0.5) is 8.78 Å². The van der Waals surface area contributed by atoms with Gasteiger partial charge in [0.1, 0.15) is 29.9 Å². The highest BCUT2D eigenvalue weighted by Gasteiger charge is 2.40. The molecule has 6 rings (SSSR count). The third kappa shape index (κ3) is 8.18. The molecule has 4 aliphatic rings. The Labute approximate surface area is 266 Å². The molecular weight excluding hydrogens is 600 g/mol.